The first-order chi connectivity index (χ1) is 15.5. The van der Waals surface area contributed by atoms with Crippen molar-refractivity contribution < 1.29 is 61.4 Å². The normalized spacial score (nSPS) is 19.5. The minimum absolute atomic E-state index is 0.0134. The molecule has 21 heteroatoms. The van der Waals surface area contributed by atoms with Gasteiger partial charge in [-0.15, -0.1) is 6.42 Å². The zero-order valence-corrected chi connectivity index (χ0v) is 19.7. The molecule has 18 nitrogen and oxygen atoms in total. The molecule has 0 saturated carbocycles. The van der Waals surface area contributed by atoms with Crippen LogP contribution in [0.15, 0.2) is 12.7 Å². The van der Waals surface area contributed by atoms with Crippen molar-refractivity contribution in [3.63, 3.8) is 0 Å². The summed E-state index contributed by atoms with van der Waals surface area (Å²) in [6.45, 7) is -0.785. The van der Waals surface area contributed by atoms with Crippen LogP contribution in [0.1, 0.15) is 13.2 Å². The fourth-order valence-electron chi connectivity index (χ4n) is 2.44. The number of nitrogens with zero attached hydrogens (tertiary/aromatic N) is 4. The summed E-state index contributed by atoms with van der Waals surface area (Å²) >= 11 is 0. The van der Waals surface area contributed by atoms with Gasteiger partial charge in [-0.05, 0) is 6.92 Å². The third-order valence-corrected chi connectivity index (χ3v) is 7.71. The smallest absolute Gasteiger partial charge is 0.392 e. The van der Waals surface area contributed by atoms with Gasteiger partial charge < -0.3 is 40.3 Å². The van der Waals surface area contributed by atoms with Crippen LogP contribution in [0.3, 0.4) is 0 Å². The zero-order chi connectivity index (χ0) is 25.9. The Balaban J connectivity index is 2.27. The highest BCUT2D eigenvalue weighted by Gasteiger charge is 2.44. The number of aliphatic hydroxyl groups excluding tert-OH is 2. The van der Waals surface area contributed by atoms with E-state index in [1.165, 1.54) is 10.9 Å². The maximum atomic E-state index is 12.0. The second kappa shape index (κ2) is 10.4. The van der Waals surface area contributed by atoms with Crippen molar-refractivity contribution in [2.24, 2.45) is 0 Å². The van der Waals surface area contributed by atoms with Crippen LogP contribution < -0.4 is 5.73 Å². The van der Waals surface area contributed by atoms with E-state index in [9.17, 15) is 33.7 Å². The molecule has 0 aliphatic heterocycles. The van der Waals surface area contributed by atoms with Crippen molar-refractivity contribution in [2.75, 3.05) is 18.9 Å². The Morgan fingerprint density at radius 3 is 2.38 bits per heavy atom. The number of anilines is 1. The molecule has 0 fully saturated rings. The molecule has 2 heterocycles. The van der Waals surface area contributed by atoms with E-state index in [-0.39, 0.29) is 17.0 Å². The van der Waals surface area contributed by atoms with Crippen LogP contribution in [0.2, 0.25) is 0 Å². The highest BCUT2D eigenvalue weighted by molar-refractivity contribution is 7.66. The van der Waals surface area contributed by atoms with E-state index in [1.54, 1.807) is 0 Å². The van der Waals surface area contributed by atoms with Crippen molar-refractivity contribution in [2.45, 2.75) is 24.9 Å². The number of aliphatic hydroxyl groups is 2. The van der Waals surface area contributed by atoms with Gasteiger partial charge in [0, 0.05) is 0 Å². The maximum absolute atomic E-state index is 12.0. The largest absolute Gasteiger partial charge is 0.490 e. The molecule has 0 bridgehead atoms. The second-order valence-electron chi connectivity index (χ2n) is 6.58. The van der Waals surface area contributed by atoms with Gasteiger partial charge in [-0.2, -0.15) is 8.62 Å². The molecule has 5 atom stereocenters. The Labute approximate surface area is 190 Å². The van der Waals surface area contributed by atoms with Gasteiger partial charge in [0.05, 0.1) is 19.5 Å². The summed E-state index contributed by atoms with van der Waals surface area (Å²) in [7, 11) is -16.9. The predicted octanol–water partition coefficient (Wildman–Crippen LogP) is -0.988. The zero-order valence-electron chi connectivity index (χ0n) is 17.0. The van der Waals surface area contributed by atoms with Crippen LogP contribution in [0.25, 0.3) is 11.2 Å². The van der Waals surface area contributed by atoms with E-state index in [0.29, 0.717) is 0 Å². The number of terminal acetylenes is 1. The fourth-order valence-corrected chi connectivity index (χ4v) is 5.55. The van der Waals surface area contributed by atoms with Crippen molar-refractivity contribution in [1.29, 1.82) is 0 Å². The molecule has 2 rings (SSSR count). The first kappa shape index (κ1) is 28.4. The van der Waals surface area contributed by atoms with Gasteiger partial charge in [-0.3, -0.25) is 9.09 Å². The Bertz CT molecular complexity index is 1210. The Kier molecular flexibility index (Phi) is 8.73. The number of nitrogen functional groups attached to an aromatic ring is 1. The lowest BCUT2D eigenvalue weighted by Crippen LogP contribution is -2.47. The van der Waals surface area contributed by atoms with Gasteiger partial charge in [-0.25, -0.2) is 28.6 Å². The molecule has 0 radical (unpaired) electrons. The third kappa shape index (κ3) is 7.35. The summed E-state index contributed by atoms with van der Waals surface area (Å²) < 4.78 is 52.8. The molecule has 0 aliphatic carbocycles. The molecular formula is C13H20N5O13P3. The minimum Gasteiger partial charge on any atom is -0.392 e. The van der Waals surface area contributed by atoms with Gasteiger partial charge >= 0.3 is 23.5 Å². The number of phosphoric ester groups is 1. The first-order valence-corrected chi connectivity index (χ1v) is 13.2. The fraction of sp³-hybridized carbons (Fsp3) is 0.462. The standard InChI is InChI=1S/C13H20N5O13P3/c1-3-8(20)13(2,5-28-33(24,25)31-34(26,27)30-32(21,22)23)29-9(4-19)18-7-17-10-11(14)15-6-16-12(10)18/h1,6-9,19-20H,4-5H2,2H3,(H,24,25)(H,26,27)(H2,14,15,16)(H2,21,22,23)/t8-,9+,13+/m0/s1. The highest BCUT2D eigenvalue weighted by atomic mass is 31.3. The highest BCUT2D eigenvalue weighted by Crippen LogP contribution is 2.66. The van der Waals surface area contributed by atoms with Crippen LogP contribution in [0, 0.1) is 12.3 Å². The summed E-state index contributed by atoms with van der Waals surface area (Å²) in [4.78, 5) is 47.7. The van der Waals surface area contributed by atoms with Crippen LogP contribution in [0.5, 0.6) is 0 Å². The van der Waals surface area contributed by atoms with E-state index in [1.807, 2.05) is 5.92 Å². The summed E-state index contributed by atoms with van der Waals surface area (Å²) in [5, 5.41) is 20.0. The SMILES string of the molecule is C#C[C@H](O)[C@@](C)(COP(=O)(O)OP(=O)(O)OP(=O)(O)O)O[C@H](CO)n1cnc2c(N)ncnc21. The number of aromatic nitrogens is 4. The van der Waals surface area contributed by atoms with Crippen LogP contribution >= 0.6 is 23.5 Å². The maximum Gasteiger partial charge on any atom is 0.490 e. The van der Waals surface area contributed by atoms with E-state index < -0.39 is 54.6 Å². The topological polar surface area (TPSA) is 279 Å². The Hall–Kier alpha value is -1.80. The van der Waals surface area contributed by atoms with E-state index >= 15 is 0 Å². The van der Waals surface area contributed by atoms with Gasteiger partial charge in [-0.1, -0.05) is 5.92 Å². The quantitative estimate of drug-likeness (QED) is 0.124. The lowest BCUT2D eigenvalue weighted by Gasteiger charge is -2.35. The molecule has 2 unspecified atom stereocenters. The molecule has 8 N–H and O–H groups in total. The molecule has 2 aromatic rings. The average Bonchev–Trinajstić information content (AvgIpc) is 3.12. The van der Waals surface area contributed by atoms with Gasteiger partial charge in [0.1, 0.15) is 23.5 Å². The number of hydrogen-bond acceptors (Lipinski definition) is 13. The average molecular weight is 547 g/mol. The number of imidazole rings is 1. The minimum atomic E-state index is -5.78. The number of hydrogen-bond donors (Lipinski definition) is 7. The monoisotopic (exact) mass is 547 g/mol. The van der Waals surface area contributed by atoms with Crippen molar-refractivity contribution in [1.82, 2.24) is 19.5 Å². The molecule has 0 aliphatic rings. The number of ether oxygens (including phenoxy) is 1. The van der Waals surface area contributed by atoms with E-state index in [0.717, 1.165) is 13.3 Å². The molecule has 2 aromatic heterocycles. The second-order valence-corrected chi connectivity index (χ2v) is 11.0. The Morgan fingerprint density at radius 1 is 1.18 bits per heavy atom. The molecule has 34 heavy (non-hydrogen) atoms. The van der Waals surface area contributed by atoms with Gasteiger partial charge in [0.2, 0.25) is 0 Å². The van der Waals surface area contributed by atoms with E-state index in [4.69, 9.17) is 26.7 Å². The van der Waals surface area contributed by atoms with E-state index in [2.05, 4.69) is 28.1 Å². The summed E-state index contributed by atoms with van der Waals surface area (Å²) in [6.07, 6.45) is 4.25. The van der Waals surface area contributed by atoms with Crippen molar-refractivity contribution in [3.05, 3.63) is 12.7 Å². The number of fused-ring (bicyclic) bond motifs is 1. The molecule has 0 saturated heterocycles. The predicted molar refractivity (Wildman–Crippen MR) is 110 cm³/mol. The molecule has 0 spiro atoms. The summed E-state index contributed by atoms with van der Waals surface area (Å²) in [5.74, 6) is 1.91. The molecular weight excluding hydrogens is 527 g/mol. The molecule has 0 amide bonds. The van der Waals surface area contributed by atoms with Crippen LogP contribution in [-0.4, -0.2) is 74.2 Å². The van der Waals surface area contributed by atoms with Crippen LogP contribution in [0.4, 0.5) is 5.82 Å². The lowest BCUT2D eigenvalue weighted by atomic mass is 10.0. The molecule has 0 aromatic carbocycles. The van der Waals surface area contributed by atoms with Crippen LogP contribution in [-0.2, 0) is 31.6 Å². The summed E-state index contributed by atoms with van der Waals surface area (Å²) in [6, 6.07) is 0. The van der Waals surface area contributed by atoms with Crippen molar-refractivity contribution >= 4 is 40.4 Å². The van der Waals surface area contributed by atoms with Gasteiger partial charge in [0.25, 0.3) is 0 Å². The lowest BCUT2D eigenvalue weighted by molar-refractivity contribution is -0.181. The Morgan fingerprint density at radius 2 is 1.82 bits per heavy atom. The summed E-state index contributed by atoms with van der Waals surface area (Å²) in [5.41, 5.74) is 3.86. The third-order valence-electron chi connectivity index (χ3n) is 3.93. The number of nitrogens with two attached hydrogens (primary N) is 1. The number of rotatable bonds is 12. The first-order valence-electron chi connectivity index (χ1n) is 8.67. The number of phosphoric acid groups is 3. The molecule has 190 valence electrons. The van der Waals surface area contributed by atoms with Gasteiger partial charge in [0.15, 0.2) is 17.7 Å². The van der Waals surface area contributed by atoms with Crippen molar-refractivity contribution in [3.8, 4) is 12.3 Å².